The Labute approximate surface area is 149 Å². The number of thiazole rings is 1. The second-order valence-corrected chi connectivity index (χ2v) is 9.64. The number of piperidine rings is 1. The number of rotatable bonds is 4. The average Bonchev–Trinajstić information content (AvgIpc) is 3.10. The number of hydrogen-bond acceptors (Lipinski definition) is 5. The van der Waals surface area contributed by atoms with Crippen molar-refractivity contribution in [2.75, 3.05) is 12.0 Å². The predicted octanol–water partition coefficient (Wildman–Crippen LogP) is 4.27. The summed E-state index contributed by atoms with van der Waals surface area (Å²) in [6.45, 7) is 0. The normalized spacial score (nSPS) is 26.8. The van der Waals surface area contributed by atoms with Crippen LogP contribution >= 0.6 is 34.9 Å². The van der Waals surface area contributed by atoms with E-state index in [0.717, 1.165) is 15.1 Å². The van der Waals surface area contributed by atoms with Crippen molar-refractivity contribution in [3.8, 4) is 0 Å². The molecule has 0 aliphatic carbocycles. The quantitative estimate of drug-likeness (QED) is 0.759. The molecule has 23 heavy (non-hydrogen) atoms. The zero-order valence-electron chi connectivity index (χ0n) is 13.1. The summed E-state index contributed by atoms with van der Waals surface area (Å²) in [6.07, 6.45) is 6.94. The summed E-state index contributed by atoms with van der Waals surface area (Å²) in [5.74, 6) is 0.831. The standard InChI is InChI=1S/C17H20N2OS3/c1-21-13-8-11-6-7-12(9-13)19(11)16(20)10-22-17-18-14-4-2-3-5-15(14)23-17/h2-5,11-13H,6-10H2,1H3. The first kappa shape index (κ1) is 15.8. The molecule has 1 aromatic carbocycles. The second-order valence-electron chi connectivity index (χ2n) is 6.25. The van der Waals surface area contributed by atoms with Gasteiger partial charge in [-0.3, -0.25) is 4.79 Å². The summed E-state index contributed by atoms with van der Waals surface area (Å²) in [5.41, 5.74) is 1.04. The number of fused-ring (bicyclic) bond motifs is 3. The Balaban J connectivity index is 1.40. The Morgan fingerprint density at radius 2 is 2.04 bits per heavy atom. The SMILES string of the molecule is CSC1CC2CCC(C1)N2C(=O)CSc1nc2ccccc2s1. The minimum atomic E-state index is 0.307. The van der Waals surface area contributed by atoms with Crippen LogP contribution in [-0.4, -0.2) is 45.1 Å². The summed E-state index contributed by atoms with van der Waals surface area (Å²) < 4.78 is 2.20. The van der Waals surface area contributed by atoms with E-state index < -0.39 is 0 Å². The number of para-hydroxylation sites is 1. The lowest BCUT2D eigenvalue weighted by molar-refractivity contribution is -0.132. The Morgan fingerprint density at radius 3 is 2.74 bits per heavy atom. The Hall–Kier alpha value is -0.720. The van der Waals surface area contributed by atoms with Crippen LogP contribution in [0.5, 0.6) is 0 Å². The Kier molecular flexibility index (Phi) is 4.56. The van der Waals surface area contributed by atoms with Crippen molar-refractivity contribution < 1.29 is 4.79 Å². The smallest absolute Gasteiger partial charge is 0.233 e. The van der Waals surface area contributed by atoms with Gasteiger partial charge in [-0.05, 0) is 44.1 Å². The molecular weight excluding hydrogens is 344 g/mol. The van der Waals surface area contributed by atoms with Crippen molar-refractivity contribution in [2.24, 2.45) is 0 Å². The third-order valence-electron chi connectivity index (χ3n) is 4.90. The number of benzene rings is 1. The average molecular weight is 365 g/mol. The van der Waals surface area contributed by atoms with Gasteiger partial charge in [-0.2, -0.15) is 11.8 Å². The van der Waals surface area contributed by atoms with Crippen molar-refractivity contribution in [1.82, 2.24) is 9.88 Å². The van der Waals surface area contributed by atoms with E-state index >= 15 is 0 Å². The zero-order chi connectivity index (χ0) is 15.8. The topological polar surface area (TPSA) is 33.2 Å². The first-order valence-corrected chi connectivity index (χ1v) is 11.2. The second kappa shape index (κ2) is 6.65. The number of carbonyl (C=O) groups is 1. The molecule has 3 nitrogen and oxygen atoms in total. The summed E-state index contributed by atoms with van der Waals surface area (Å²) >= 11 is 5.25. The van der Waals surface area contributed by atoms with Crippen LogP contribution in [0.15, 0.2) is 28.6 Å². The molecule has 1 amide bonds. The van der Waals surface area contributed by atoms with Gasteiger partial charge >= 0.3 is 0 Å². The maximum absolute atomic E-state index is 12.7. The van der Waals surface area contributed by atoms with Gasteiger partial charge in [-0.1, -0.05) is 23.9 Å². The van der Waals surface area contributed by atoms with E-state index in [-0.39, 0.29) is 0 Å². The monoisotopic (exact) mass is 364 g/mol. The number of carbonyl (C=O) groups excluding carboxylic acids is 1. The summed E-state index contributed by atoms with van der Waals surface area (Å²) in [6, 6.07) is 9.13. The summed E-state index contributed by atoms with van der Waals surface area (Å²) in [7, 11) is 0. The zero-order valence-corrected chi connectivity index (χ0v) is 15.6. The van der Waals surface area contributed by atoms with Crippen molar-refractivity contribution in [3.05, 3.63) is 24.3 Å². The molecule has 6 heteroatoms. The van der Waals surface area contributed by atoms with Crippen LogP contribution in [0.1, 0.15) is 25.7 Å². The van der Waals surface area contributed by atoms with Gasteiger partial charge in [-0.25, -0.2) is 4.98 Å². The fourth-order valence-electron chi connectivity index (χ4n) is 3.84. The summed E-state index contributed by atoms with van der Waals surface area (Å²) in [4.78, 5) is 19.5. The van der Waals surface area contributed by atoms with E-state index in [2.05, 4.69) is 22.2 Å². The minimum absolute atomic E-state index is 0.307. The van der Waals surface area contributed by atoms with Crippen molar-refractivity contribution in [2.45, 2.75) is 47.4 Å². The lowest BCUT2D eigenvalue weighted by Crippen LogP contribution is -2.48. The number of aromatic nitrogens is 1. The molecule has 2 aliphatic rings. The number of amides is 1. The highest BCUT2D eigenvalue weighted by atomic mass is 32.2. The Morgan fingerprint density at radius 1 is 1.30 bits per heavy atom. The van der Waals surface area contributed by atoms with Crippen LogP contribution in [-0.2, 0) is 4.79 Å². The molecule has 1 aromatic heterocycles. The van der Waals surface area contributed by atoms with Crippen LogP contribution in [0.4, 0.5) is 0 Å². The molecule has 2 fully saturated rings. The lowest BCUT2D eigenvalue weighted by Gasteiger charge is -2.38. The molecule has 2 aliphatic heterocycles. The van der Waals surface area contributed by atoms with Crippen molar-refractivity contribution >= 4 is 51.0 Å². The first-order chi connectivity index (χ1) is 11.2. The molecule has 0 saturated carbocycles. The molecule has 0 spiro atoms. The molecule has 0 radical (unpaired) electrons. The Bertz CT molecular complexity index is 670. The third-order valence-corrected chi connectivity index (χ3v) is 8.12. The highest BCUT2D eigenvalue weighted by Crippen LogP contribution is 2.40. The van der Waals surface area contributed by atoms with Gasteiger partial charge in [0.2, 0.25) is 5.91 Å². The fourth-order valence-corrected chi connectivity index (χ4v) is 6.60. The summed E-state index contributed by atoms with van der Waals surface area (Å²) in [5, 5.41) is 0.744. The van der Waals surface area contributed by atoms with Crippen LogP contribution < -0.4 is 0 Å². The van der Waals surface area contributed by atoms with Gasteiger partial charge in [0.05, 0.1) is 16.0 Å². The van der Waals surface area contributed by atoms with E-state index in [1.807, 2.05) is 30.0 Å². The van der Waals surface area contributed by atoms with Crippen LogP contribution in [0.3, 0.4) is 0 Å². The van der Waals surface area contributed by atoms with Crippen LogP contribution in [0.2, 0.25) is 0 Å². The molecule has 4 rings (SSSR count). The maximum atomic E-state index is 12.7. The highest BCUT2D eigenvalue weighted by Gasteiger charge is 2.42. The number of hydrogen-bond donors (Lipinski definition) is 0. The first-order valence-electron chi connectivity index (χ1n) is 8.07. The van der Waals surface area contributed by atoms with E-state index in [1.165, 1.54) is 30.4 Å². The van der Waals surface area contributed by atoms with Crippen molar-refractivity contribution in [1.29, 1.82) is 0 Å². The molecule has 2 unspecified atom stereocenters. The molecule has 3 heterocycles. The van der Waals surface area contributed by atoms with E-state index in [1.54, 1.807) is 23.1 Å². The lowest BCUT2D eigenvalue weighted by atomic mass is 10.0. The molecule has 2 saturated heterocycles. The van der Waals surface area contributed by atoms with Crippen molar-refractivity contribution in [3.63, 3.8) is 0 Å². The number of nitrogens with zero attached hydrogens (tertiary/aromatic N) is 2. The maximum Gasteiger partial charge on any atom is 0.233 e. The van der Waals surface area contributed by atoms with Gasteiger partial charge in [0.15, 0.2) is 4.34 Å². The molecule has 2 bridgehead atoms. The highest BCUT2D eigenvalue weighted by molar-refractivity contribution is 8.01. The van der Waals surface area contributed by atoms with Gasteiger partial charge in [-0.15, -0.1) is 11.3 Å². The van der Waals surface area contributed by atoms with E-state index in [0.29, 0.717) is 23.7 Å². The minimum Gasteiger partial charge on any atom is -0.336 e. The van der Waals surface area contributed by atoms with Gasteiger partial charge < -0.3 is 4.90 Å². The van der Waals surface area contributed by atoms with E-state index in [9.17, 15) is 4.79 Å². The van der Waals surface area contributed by atoms with E-state index in [4.69, 9.17) is 0 Å². The predicted molar refractivity (Wildman–Crippen MR) is 101 cm³/mol. The molecule has 0 N–H and O–H groups in total. The molecule has 2 atom stereocenters. The van der Waals surface area contributed by atoms with Crippen LogP contribution in [0.25, 0.3) is 10.2 Å². The molecular formula is C17H20N2OS3. The molecule has 122 valence electrons. The van der Waals surface area contributed by atoms with Gasteiger partial charge in [0, 0.05) is 17.3 Å². The van der Waals surface area contributed by atoms with Gasteiger partial charge in [0.1, 0.15) is 0 Å². The largest absolute Gasteiger partial charge is 0.336 e. The molecule has 2 aromatic rings. The third kappa shape index (κ3) is 3.13. The van der Waals surface area contributed by atoms with Gasteiger partial charge in [0.25, 0.3) is 0 Å². The van der Waals surface area contributed by atoms with Crippen LogP contribution in [0, 0.1) is 0 Å². The fraction of sp³-hybridized carbons (Fsp3) is 0.529. The number of thioether (sulfide) groups is 2.